The van der Waals surface area contributed by atoms with Gasteiger partial charge in [0.1, 0.15) is 5.82 Å². The van der Waals surface area contributed by atoms with Crippen LogP contribution in [0.15, 0.2) is 60.8 Å². The number of aromatic amines is 1. The summed E-state index contributed by atoms with van der Waals surface area (Å²) in [4.78, 5) is 7.70. The summed E-state index contributed by atoms with van der Waals surface area (Å²) in [5, 5.41) is 4.46. The van der Waals surface area contributed by atoms with Crippen molar-refractivity contribution in [1.29, 1.82) is 0 Å². The van der Waals surface area contributed by atoms with Crippen LogP contribution in [0.3, 0.4) is 0 Å². The number of fused-ring (bicyclic) bond motifs is 1. The number of aryl methyl sites for hydroxylation is 1. The van der Waals surface area contributed by atoms with Crippen molar-refractivity contribution >= 4 is 11.0 Å². The van der Waals surface area contributed by atoms with E-state index in [9.17, 15) is 0 Å². The number of rotatable bonds is 2. The van der Waals surface area contributed by atoms with Crippen LogP contribution in [0.25, 0.3) is 28.0 Å². The molecule has 0 amide bonds. The number of nitrogens with one attached hydrogen (secondary N) is 1. The van der Waals surface area contributed by atoms with Crippen molar-refractivity contribution in [2.75, 3.05) is 0 Å². The van der Waals surface area contributed by atoms with E-state index in [-0.39, 0.29) is 0 Å². The molecule has 0 bridgehead atoms. The molecular weight excluding hydrogens is 260 g/mol. The third kappa shape index (κ3) is 2.01. The summed E-state index contributed by atoms with van der Waals surface area (Å²) in [7, 11) is 0. The van der Waals surface area contributed by atoms with Crippen LogP contribution in [0.2, 0.25) is 0 Å². The Morgan fingerprint density at radius 1 is 1.00 bits per heavy atom. The summed E-state index contributed by atoms with van der Waals surface area (Å²) in [6.45, 7) is 1.96. The van der Waals surface area contributed by atoms with E-state index < -0.39 is 0 Å². The van der Waals surface area contributed by atoms with Gasteiger partial charge < -0.3 is 4.98 Å². The molecule has 0 spiro atoms. The van der Waals surface area contributed by atoms with Crippen molar-refractivity contribution in [2.45, 2.75) is 6.92 Å². The largest absolute Gasteiger partial charge is 0.342 e. The number of hydrogen-bond donors (Lipinski definition) is 1. The highest BCUT2D eigenvalue weighted by molar-refractivity contribution is 5.78. The van der Waals surface area contributed by atoms with Crippen molar-refractivity contribution in [3.63, 3.8) is 0 Å². The van der Waals surface area contributed by atoms with Gasteiger partial charge in [0, 0.05) is 5.56 Å². The van der Waals surface area contributed by atoms with E-state index in [1.54, 1.807) is 0 Å². The summed E-state index contributed by atoms with van der Waals surface area (Å²) in [5.74, 6) is 0.922. The van der Waals surface area contributed by atoms with Crippen LogP contribution in [0.4, 0.5) is 0 Å². The minimum Gasteiger partial charge on any atom is -0.342 e. The van der Waals surface area contributed by atoms with Crippen molar-refractivity contribution in [3.05, 3.63) is 66.6 Å². The summed E-state index contributed by atoms with van der Waals surface area (Å²) in [6.07, 6.45) is 1.82. The van der Waals surface area contributed by atoms with Gasteiger partial charge >= 0.3 is 0 Å². The van der Waals surface area contributed by atoms with Gasteiger partial charge in [-0.05, 0) is 31.2 Å². The first-order valence-electron chi connectivity index (χ1n) is 6.87. The van der Waals surface area contributed by atoms with Gasteiger partial charge in [-0.3, -0.25) is 0 Å². The maximum atomic E-state index is 4.46. The molecule has 4 rings (SSSR count). The Morgan fingerprint density at radius 2 is 1.86 bits per heavy atom. The number of aromatic nitrogens is 4. The molecule has 0 saturated heterocycles. The van der Waals surface area contributed by atoms with Gasteiger partial charge in [0.15, 0.2) is 0 Å². The standard InChI is InChI=1S/C17H14N4/c1-12-19-15-8-7-14(11-16(15)20-12)21-17(9-10-18-21)13-5-3-2-4-6-13/h2-11H,1H3,(H,19,20). The predicted octanol–water partition coefficient (Wildman–Crippen LogP) is 3.72. The molecule has 0 aliphatic heterocycles. The highest BCUT2D eigenvalue weighted by Crippen LogP contribution is 2.23. The molecule has 1 N–H and O–H groups in total. The Bertz CT molecular complexity index is 903. The van der Waals surface area contributed by atoms with Gasteiger partial charge in [0.05, 0.1) is 28.6 Å². The molecule has 0 aliphatic carbocycles. The number of H-pyrrole nitrogens is 1. The maximum absolute atomic E-state index is 4.46. The van der Waals surface area contributed by atoms with Crippen LogP contribution in [-0.4, -0.2) is 19.7 Å². The Morgan fingerprint density at radius 3 is 2.71 bits per heavy atom. The van der Waals surface area contributed by atoms with Gasteiger partial charge in [-0.2, -0.15) is 5.10 Å². The predicted molar refractivity (Wildman–Crippen MR) is 83.4 cm³/mol. The second kappa shape index (κ2) is 4.59. The topological polar surface area (TPSA) is 46.5 Å². The van der Waals surface area contributed by atoms with Crippen molar-refractivity contribution in [1.82, 2.24) is 19.7 Å². The molecule has 2 aromatic heterocycles. The summed E-state index contributed by atoms with van der Waals surface area (Å²) >= 11 is 0. The molecule has 102 valence electrons. The van der Waals surface area contributed by atoms with Gasteiger partial charge in [-0.15, -0.1) is 0 Å². The van der Waals surface area contributed by atoms with Crippen LogP contribution < -0.4 is 0 Å². The van der Waals surface area contributed by atoms with E-state index in [4.69, 9.17) is 0 Å². The molecule has 21 heavy (non-hydrogen) atoms. The number of hydrogen-bond acceptors (Lipinski definition) is 2. The van der Waals surface area contributed by atoms with E-state index in [2.05, 4.69) is 33.3 Å². The summed E-state index contributed by atoms with van der Waals surface area (Å²) in [5.41, 5.74) is 5.25. The highest BCUT2D eigenvalue weighted by atomic mass is 15.3. The quantitative estimate of drug-likeness (QED) is 0.605. The first-order chi connectivity index (χ1) is 10.3. The Labute approximate surface area is 122 Å². The monoisotopic (exact) mass is 274 g/mol. The molecule has 0 radical (unpaired) electrons. The number of imidazole rings is 1. The van der Waals surface area contributed by atoms with E-state index in [1.165, 1.54) is 0 Å². The molecule has 0 saturated carbocycles. The van der Waals surface area contributed by atoms with E-state index in [0.29, 0.717) is 0 Å². The van der Waals surface area contributed by atoms with Gasteiger partial charge in [0.2, 0.25) is 0 Å². The first-order valence-corrected chi connectivity index (χ1v) is 6.87. The molecule has 0 fully saturated rings. The van der Waals surface area contributed by atoms with Crippen LogP contribution in [-0.2, 0) is 0 Å². The number of benzene rings is 2. The zero-order valence-corrected chi connectivity index (χ0v) is 11.6. The number of nitrogens with zero attached hydrogens (tertiary/aromatic N) is 3. The van der Waals surface area contributed by atoms with E-state index in [0.717, 1.165) is 33.8 Å². The molecular formula is C17H14N4. The molecule has 4 aromatic rings. The summed E-state index contributed by atoms with van der Waals surface area (Å²) in [6, 6.07) is 18.4. The lowest BCUT2D eigenvalue weighted by Crippen LogP contribution is -1.98. The van der Waals surface area contributed by atoms with Crippen LogP contribution >= 0.6 is 0 Å². The fourth-order valence-corrected chi connectivity index (χ4v) is 2.59. The molecule has 0 aliphatic rings. The van der Waals surface area contributed by atoms with E-state index >= 15 is 0 Å². The Balaban J connectivity index is 1.87. The first kappa shape index (κ1) is 11.9. The maximum Gasteiger partial charge on any atom is 0.104 e. The molecule has 0 atom stereocenters. The van der Waals surface area contributed by atoms with Gasteiger partial charge in [-0.25, -0.2) is 9.67 Å². The van der Waals surface area contributed by atoms with E-state index in [1.807, 2.05) is 54.2 Å². The average Bonchev–Trinajstić information content (AvgIpc) is 3.12. The zero-order valence-electron chi connectivity index (χ0n) is 11.6. The Kier molecular flexibility index (Phi) is 2.60. The van der Waals surface area contributed by atoms with Gasteiger partial charge in [0.25, 0.3) is 0 Å². The third-order valence-corrected chi connectivity index (χ3v) is 3.54. The Hall–Kier alpha value is -2.88. The van der Waals surface area contributed by atoms with Crippen LogP contribution in [0.5, 0.6) is 0 Å². The average molecular weight is 274 g/mol. The van der Waals surface area contributed by atoms with Crippen molar-refractivity contribution in [2.24, 2.45) is 0 Å². The molecule has 0 unspecified atom stereocenters. The highest BCUT2D eigenvalue weighted by Gasteiger charge is 2.08. The zero-order chi connectivity index (χ0) is 14.2. The van der Waals surface area contributed by atoms with Crippen molar-refractivity contribution in [3.8, 4) is 16.9 Å². The van der Waals surface area contributed by atoms with Crippen LogP contribution in [0.1, 0.15) is 5.82 Å². The lowest BCUT2D eigenvalue weighted by atomic mass is 10.1. The fraction of sp³-hybridized carbons (Fsp3) is 0.0588. The minimum atomic E-state index is 0.922. The molecule has 2 heterocycles. The van der Waals surface area contributed by atoms with Crippen molar-refractivity contribution < 1.29 is 0 Å². The molecule has 2 aromatic carbocycles. The summed E-state index contributed by atoms with van der Waals surface area (Å²) < 4.78 is 1.95. The van der Waals surface area contributed by atoms with Crippen LogP contribution in [0, 0.1) is 6.92 Å². The second-order valence-electron chi connectivity index (χ2n) is 5.02. The molecule has 4 nitrogen and oxygen atoms in total. The SMILES string of the molecule is Cc1nc2ccc(-n3nccc3-c3ccccc3)cc2[nH]1. The lowest BCUT2D eigenvalue weighted by Gasteiger charge is -2.07. The minimum absolute atomic E-state index is 0.922. The molecule has 4 heteroatoms. The lowest BCUT2D eigenvalue weighted by molar-refractivity contribution is 0.889. The third-order valence-electron chi connectivity index (χ3n) is 3.54. The second-order valence-corrected chi connectivity index (χ2v) is 5.02. The normalized spacial score (nSPS) is 11.1. The fourth-order valence-electron chi connectivity index (χ4n) is 2.59. The van der Waals surface area contributed by atoms with Gasteiger partial charge in [-0.1, -0.05) is 30.3 Å². The smallest absolute Gasteiger partial charge is 0.104 e.